The fourth-order valence-corrected chi connectivity index (χ4v) is 3.50. The van der Waals surface area contributed by atoms with Crippen molar-refractivity contribution >= 4 is 24.2 Å². The lowest BCUT2D eigenvalue weighted by Gasteiger charge is -2.35. The Balaban J connectivity index is 0.00000192. The van der Waals surface area contributed by atoms with E-state index in [0.717, 1.165) is 12.8 Å². The largest absolute Gasteiger partial charge is 0.354 e. The molecule has 1 aromatic rings. The standard InChI is InChI=1S/C16H22N4O2.ClH/c1-17-15(21)14-6-3-10(9-18-14)16(22)20(2)13-7-11-4-5-12(8-13)19-11;/h3,6,9,11-13,19H,4-5,7-8H2,1-2H3,(H,17,21);1H. The van der Waals surface area contributed by atoms with Crippen molar-refractivity contribution in [3.63, 3.8) is 0 Å². The third-order valence-electron chi connectivity index (χ3n) is 4.79. The molecule has 7 heteroatoms. The van der Waals surface area contributed by atoms with Crippen LogP contribution in [0.25, 0.3) is 0 Å². The predicted octanol–water partition coefficient (Wildman–Crippen LogP) is 1.22. The van der Waals surface area contributed by atoms with E-state index in [2.05, 4.69) is 15.6 Å². The van der Waals surface area contributed by atoms with Gasteiger partial charge in [-0.2, -0.15) is 0 Å². The maximum absolute atomic E-state index is 12.6. The van der Waals surface area contributed by atoms with Gasteiger partial charge in [-0.05, 0) is 37.8 Å². The highest BCUT2D eigenvalue weighted by Gasteiger charge is 2.36. The molecule has 1 aromatic heterocycles. The first-order valence-electron chi connectivity index (χ1n) is 7.80. The highest BCUT2D eigenvalue weighted by molar-refractivity contribution is 5.96. The minimum Gasteiger partial charge on any atom is -0.354 e. The van der Waals surface area contributed by atoms with Crippen molar-refractivity contribution in [3.05, 3.63) is 29.6 Å². The molecule has 0 spiro atoms. The van der Waals surface area contributed by atoms with Crippen molar-refractivity contribution in [2.45, 2.75) is 43.8 Å². The molecule has 0 aliphatic carbocycles. The topological polar surface area (TPSA) is 74.3 Å². The highest BCUT2D eigenvalue weighted by atomic mass is 35.5. The molecule has 2 saturated heterocycles. The number of nitrogens with one attached hydrogen (secondary N) is 2. The minimum atomic E-state index is -0.248. The van der Waals surface area contributed by atoms with Crippen molar-refractivity contribution in [2.24, 2.45) is 0 Å². The van der Waals surface area contributed by atoms with Crippen molar-refractivity contribution in [3.8, 4) is 0 Å². The molecule has 2 bridgehead atoms. The van der Waals surface area contributed by atoms with E-state index in [1.165, 1.54) is 19.0 Å². The molecular formula is C16H23ClN4O2. The Bertz CT molecular complexity index is 566. The van der Waals surface area contributed by atoms with E-state index in [1.807, 2.05) is 11.9 Å². The van der Waals surface area contributed by atoms with Crippen molar-refractivity contribution in [1.82, 2.24) is 20.5 Å². The van der Waals surface area contributed by atoms with Crippen LogP contribution < -0.4 is 10.6 Å². The SMILES string of the molecule is CNC(=O)c1ccc(C(=O)N(C)C2CC3CCC(C2)N3)cn1.Cl. The molecule has 23 heavy (non-hydrogen) atoms. The van der Waals surface area contributed by atoms with Crippen LogP contribution in [-0.2, 0) is 0 Å². The molecule has 6 nitrogen and oxygen atoms in total. The van der Waals surface area contributed by atoms with Crippen LogP contribution in [0.1, 0.15) is 46.5 Å². The van der Waals surface area contributed by atoms with Crippen LogP contribution in [0.4, 0.5) is 0 Å². The number of halogens is 1. The Kier molecular flexibility index (Phi) is 5.59. The van der Waals surface area contributed by atoms with Gasteiger partial charge in [0.2, 0.25) is 0 Å². The normalized spacial score (nSPS) is 25.4. The first-order chi connectivity index (χ1) is 10.6. The van der Waals surface area contributed by atoms with Gasteiger partial charge in [0.1, 0.15) is 5.69 Å². The predicted molar refractivity (Wildman–Crippen MR) is 89.9 cm³/mol. The van der Waals surface area contributed by atoms with Gasteiger partial charge in [-0.3, -0.25) is 14.6 Å². The van der Waals surface area contributed by atoms with Gasteiger partial charge in [0.05, 0.1) is 5.56 Å². The van der Waals surface area contributed by atoms with Crippen molar-refractivity contribution in [2.75, 3.05) is 14.1 Å². The summed E-state index contributed by atoms with van der Waals surface area (Å²) in [6, 6.07) is 4.64. The number of fused-ring (bicyclic) bond motifs is 2. The molecule has 2 N–H and O–H groups in total. The summed E-state index contributed by atoms with van der Waals surface area (Å²) in [5, 5.41) is 6.10. The molecule has 2 atom stereocenters. The summed E-state index contributed by atoms with van der Waals surface area (Å²) in [4.78, 5) is 30.0. The van der Waals surface area contributed by atoms with Gasteiger partial charge in [-0.15, -0.1) is 12.4 Å². The van der Waals surface area contributed by atoms with Gasteiger partial charge < -0.3 is 15.5 Å². The van der Waals surface area contributed by atoms with E-state index < -0.39 is 0 Å². The second-order valence-corrected chi connectivity index (χ2v) is 6.19. The second kappa shape index (κ2) is 7.27. The number of pyridine rings is 1. The van der Waals surface area contributed by atoms with E-state index in [1.54, 1.807) is 19.2 Å². The number of hydrogen-bond acceptors (Lipinski definition) is 4. The lowest BCUT2D eigenvalue weighted by Crippen LogP contribution is -2.48. The minimum absolute atomic E-state index is 0. The Hall–Kier alpha value is -1.66. The van der Waals surface area contributed by atoms with Crippen LogP contribution in [0.3, 0.4) is 0 Å². The number of aromatic nitrogens is 1. The second-order valence-electron chi connectivity index (χ2n) is 6.19. The quantitative estimate of drug-likeness (QED) is 0.869. The maximum Gasteiger partial charge on any atom is 0.269 e. The summed E-state index contributed by atoms with van der Waals surface area (Å²) >= 11 is 0. The molecule has 0 aromatic carbocycles. The monoisotopic (exact) mass is 338 g/mol. The first-order valence-corrected chi connectivity index (χ1v) is 7.80. The molecule has 0 radical (unpaired) electrons. The summed E-state index contributed by atoms with van der Waals surface area (Å²) in [6.45, 7) is 0. The van der Waals surface area contributed by atoms with Crippen LogP contribution in [0.5, 0.6) is 0 Å². The average Bonchev–Trinajstić information content (AvgIpc) is 2.90. The molecule has 2 amide bonds. The van der Waals surface area contributed by atoms with Crippen LogP contribution in [0.2, 0.25) is 0 Å². The zero-order chi connectivity index (χ0) is 15.7. The zero-order valence-electron chi connectivity index (χ0n) is 13.4. The van der Waals surface area contributed by atoms with Gasteiger partial charge in [-0.1, -0.05) is 0 Å². The van der Waals surface area contributed by atoms with E-state index in [4.69, 9.17) is 0 Å². The molecule has 2 aliphatic heterocycles. The molecular weight excluding hydrogens is 316 g/mol. The zero-order valence-corrected chi connectivity index (χ0v) is 14.2. The number of piperidine rings is 1. The smallest absolute Gasteiger partial charge is 0.269 e. The third kappa shape index (κ3) is 3.64. The van der Waals surface area contributed by atoms with E-state index in [-0.39, 0.29) is 30.3 Å². The molecule has 2 fully saturated rings. The summed E-state index contributed by atoms with van der Waals surface area (Å²) in [7, 11) is 3.42. The number of carbonyl (C=O) groups is 2. The molecule has 126 valence electrons. The van der Waals surface area contributed by atoms with Crippen molar-refractivity contribution in [1.29, 1.82) is 0 Å². The van der Waals surface area contributed by atoms with Crippen LogP contribution >= 0.6 is 12.4 Å². The van der Waals surface area contributed by atoms with Crippen molar-refractivity contribution < 1.29 is 9.59 Å². The number of amides is 2. The molecule has 0 saturated carbocycles. The fourth-order valence-electron chi connectivity index (χ4n) is 3.50. The van der Waals surface area contributed by atoms with Crippen LogP contribution in [-0.4, -0.2) is 53.9 Å². The lowest BCUT2D eigenvalue weighted by molar-refractivity contribution is 0.0680. The van der Waals surface area contributed by atoms with Gasteiger partial charge in [0, 0.05) is 38.4 Å². The molecule has 3 heterocycles. The Morgan fingerprint density at radius 3 is 2.43 bits per heavy atom. The number of nitrogens with zero attached hydrogens (tertiary/aromatic N) is 2. The molecule has 3 rings (SSSR count). The number of carbonyl (C=O) groups excluding carboxylic acids is 2. The van der Waals surface area contributed by atoms with Gasteiger partial charge in [-0.25, -0.2) is 0 Å². The van der Waals surface area contributed by atoms with E-state index in [0.29, 0.717) is 23.3 Å². The summed E-state index contributed by atoms with van der Waals surface area (Å²) in [6.07, 6.45) is 5.95. The van der Waals surface area contributed by atoms with Gasteiger partial charge in [0.25, 0.3) is 11.8 Å². The number of hydrogen-bond donors (Lipinski definition) is 2. The summed E-state index contributed by atoms with van der Waals surface area (Å²) in [5.74, 6) is -0.274. The van der Waals surface area contributed by atoms with E-state index in [9.17, 15) is 9.59 Å². The lowest BCUT2D eigenvalue weighted by atomic mass is 9.98. The average molecular weight is 339 g/mol. The molecule has 2 unspecified atom stereocenters. The van der Waals surface area contributed by atoms with Gasteiger partial charge >= 0.3 is 0 Å². The molecule has 2 aliphatic rings. The Labute approximate surface area is 142 Å². The number of rotatable bonds is 3. The maximum atomic E-state index is 12.6. The summed E-state index contributed by atoms with van der Waals surface area (Å²) in [5.41, 5.74) is 0.850. The van der Waals surface area contributed by atoms with Crippen LogP contribution in [0.15, 0.2) is 18.3 Å². The first kappa shape index (κ1) is 17.7. The Morgan fingerprint density at radius 2 is 1.91 bits per heavy atom. The Morgan fingerprint density at radius 1 is 1.26 bits per heavy atom. The highest BCUT2D eigenvalue weighted by Crippen LogP contribution is 2.29. The fraction of sp³-hybridized carbons (Fsp3) is 0.562. The van der Waals surface area contributed by atoms with E-state index >= 15 is 0 Å². The third-order valence-corrected chi connectivity index (χ3v) is 4.79. The van der Waals surface area contributed by atoms with Crippen LogP contribution in [0, 0.1) is 0 Å². The van der Waals surface area contributed by atoms with Gasteiger partial charge in [0.15, 0.2) is 0 Å². The summed E-state index contributed by atoms with van der Waals surface area (Å²) < 4.78 is 0.